The summed E-state index contributed by atoms with van der Waals surface area (Å²) in [5.74, 6) is 1.29. The highest BCUT2D eigenvalue weighted by atomic mass is 16.5. The summed E-state index contributed by atoms with van der Waals surface area (Å²) in [6.45, 7) is 2.93. The lowest BCUT2D eigenvalue weighted by Gasteiger charge is -2.11. The largest absolute Gasteiger partial charge is 0.493 e. The van der Waals surface area contributed by atoms with Crippen LogP contribution >= 0.6 is 0 Å². The number of hydrogen-bond donors (Lipinski definition) is 2. The molecule has 9 nitrogen and oxygen atoms in total. The molecule has 2 heterocycles. The smallest absolute Gasteiger partial charge is 0.273 e. The fourth-order valence-electron chi connectivity index (χ4n) is 2.81. The van der Waals surface area contributed by atoms with Crippen LogP contribution in [0.2, 0.25) is 0 Å². The third-order valence-electron chi connectivity index (χ3n) is 4.45. The molecule has 0 saturated carbocycles. The van der Waals surface area contributed by atoms with Crippen LogP contribution in [0.4, 0.5) is 0 Å². The first-order valence-electron chi connectivity index (χ1n) is 10.0. The summed E-state index contributed by atoms with van der Waals surface area (Å²) >= 11 is 0. The first-order chi connectivity index (χ1) is 15.1. The van der Waals surface area contributed by atoms with Crippen molar-refractivity contribution in [1.29, 1.82) is 0 Å². The minimum absolute atomic E-state index is 0.126. The van der Waals surface area contributed by atoms with E-state index in [1.165, 1.54) is 0 Å². The molecule has 0 fully saturated rings. The second-order valence-corrected chi connectivity index (χ2v) is 6.76. The lowest BCUT2D eigenvalue weighted by Crippen LogP contribution is -2.25. The Balaban J connectivity index is 1.62. The number of nitrogens with one attached hydrogen (secondary N) is 2. The zero-order valence-corrected chi connectivity index (χ0v) is 17.6. The highest BCUT2D eigenvalue weighted by molar-refractivity contribution is 5.76. The van der Waals surface area contributed by atoms with Gasteiger partial charge in [0.15, 0.2) is 17.3 Å². The van der Waals surface area contributed by atoms with E-state index >= 15 is 0 Å². The molecule has 3 aromatic rings. The highest BCUT2D eigenvalue weighted by Gasteiger charge is 2.12. The highest BCUT2D eigenvalue weighted by Crippen LogP contribution is 2.31. The van der Waals surface area contributed by atoms with Gasteiger partial charge in [-0.1, -0.05) is 13.0 Å². The van der Waals surface area contributed by atoms with Crippen LogP contribution in [0.3, 0.4) is 0 Å². The summed E-state index contributed by atoms with van der Waals surface area (Å²) in [6, 6.07) is 10.8. The van der Waals surface area contributed by atoms with Gasteiger partial charge in [0.25, 0.3) is 5.56 Å². The van der Waals surface area contributed by atoms with Gasteiger partial charge < -0.3 is 19.8 Å². The Morgan fingerprint density at radius 1 is 1.16 bits per heavy atom. The van der Waals surface area contributed by atoms with Crippen molar-refractivity contribution in [2.45, 2.75) is 32.7 Å². The van der Waals surface area contributed by atoms with Crippen molar-refractivity contribution < 1.29 is 14.3 Å². The van der Waals surface area contributed by atoms with E-state index in [2.05, 4.69) is 25.5 Å². The average Bonchev–Trinajstić information content (AvgIpc) is 2.81. The quantitative estimate of drug-likeness (QED) is 0.513. The van der Waals surface area contributed by atoms with Gasteiger partial charge in [0.1, 0.15) is 5.69 Å². The van der Waals surface area contributed by atoms with Gasteiger partial charge in [-0.25, -0.2) is 0 Å². The summed E-state index contributed by atoms with van der Waals surface area (Å²) in [4.78, 5) is 31.3. The molecule has 0 aliphatic carbocycles. The first kappa shape index (κ1) is 21.9. The number of benzene rings is 1. The van der Waals surface area contributed by atoms with E-state index in [-0.39, 0.29) is 30.0 Å². The van der Waals surface area contributed by atoms with Crippen molar-refractivity contribution in [2.75, 3.05) is 13.7 Å². The number of amides is 1. The van der Waals surface area contributed by atoms with Crippen molar-refractivity contribution in [3.05, 3.63) is 64.3 Å². The molecule has 2 N–H and O–H groups in total. The van der Waals surface area contributed by atoms with Crippen LogP contribution < -0.4 is 20.3 Å². The molecule has 0 radical (unpaired) electrons. The molecule has 0 bridgehead atoms. The third-order valence-corrected chi connectivity index (χ3v) is 4.45. The molecule has 1 amide bonds. The normalized spacial score (nSPS) is 10.5. The molecule has 9 heteroatoms. The fraction of sp³-hybridized carbons (Fsp3) is 0.318. The molecule has 0 saturated heterocycles. The van der Waals surface area contributed by atoms with Gasteiger partial charge in [-0.2, -0.15) is 0 Å². The molecular weight excluding hydrogens is 398 g/mol. The van der Waals surface area contributed by atoms with E-state index in [1.807, 2.05) is 25.1 Å². The molecule has 0 aliphatic rings. The average molecular weight is 423 g/mol. The van der Waals surface area contributed by atoms with Crippen molar-refractivity contribution >= 4 is 5.91 Å². The van der Waals surface area contributed by atoms with Gasteiger partial charge in [0, 0.05) is 24.6 Å². The molecule has 0 atom stereocenters. The second-order valence-electron chi connectivity index (χ2n) is 6.76. The molecule has 162 valence electrons. The monoisotopic (exact) mass is 423 g/mol. The van der Waals surface area contributed by atoms with Gasteiger partial charge in [0.2, 0.25) is 5.91 Å². The number of aryl methyl sites for hydroxylation is 1. The van der Waals surface area contributed by atoms with Crippen LogP contribution in [0.5, 0.6) is 11.5 Å². The fourth-order valence-corrected chi connectivity index (χ4v) is 2.81. The van der Waals surface area contributed by atoms with E-state index in [9.17, 15) is 9.59 Å². The molecule has 0 unspecified atom stereocenters. The molecule has 3 rings (SSSR count). The van der Waals surface area contributed by atoms with Crippen molar-refractivity contribution in [3.63, 3.8) is 0 Å². The standard InChI is InChI=1S/C22H25N5O4/c1-3-12-31-18-9-7-15(13-19(18)30-2)21-25-22(29)17(26-27-21)8-10-20(28)24-14-16-6-4-5-11-23-16/h4-7,9,11,13H,3,8,10,12,14H2,1-2H3,(H,24,28)(H,25,27,29). The predicted octanol–water partition coefficient (Wildman–Crippen LogP) is 2.27. The van der Waals surface area contributed by atoms with Crippen LogP contribution in [0.15, 0.2) is 47.4 Å². The summed E-state index contributed by atoms with van der Waals surface area (Å²) < 4.78 is 11.0. The Kier molecular flexibility index (Phi) is 7.69. The van der Waals surface area contributed by atoms with E-state index in [0.29, 0.717) is 36.0 Å². The SMILES string of the molecule is CCCOc1ccc(-c2nnc(CCC(=O)NCc3ccccn3)c(=O)[nH]2)cc1OC. The maximum atomic E-state index is 12.4. The van der Waals surface area contributed by atoms with Crippen LogP contribution in [-0.2, 0) is 17.8 Å². The number of carbonyl (C=O) groups excluding carboxylic acids is 1. The number of hydrogen-bond acceptors (Lipinski definition) is 7. The number of pyridine rings is 1. The molecular formula is C22H25N5O4. The number of aromatic amines is 1. The van der Waals surface area contributed by atoms with Crippen LogP contribution in [0.25, 0.3) is 11.4 Å². The number of rotatable bonds is 10. The molecule has 2 aromatic heterocycles. The Morgan fingerprint density at radius 2 is 2.03 bits per heavy atom. The summed E-state index contributed by atoms with van der Waals surface area (Å²) in [5, 5.41) is 10.9. The van der Waals surface area contributed by atoms with E-state index in [4.69, 9.17) is 9.47 Å². The van der Waals surface area contributed by atoms with Crippen LogP contribution in [-0.4, -0.2) is 39.8 Å². The summed E-state index contributed by atoms with van der Waals surface area (Å²) in [6.07, 6.45) is 2.86. The minimum Gasteiger partial charge on any atom is -0.493 e. The van der Waals surface area contributed by atoms with Gasteiger partial charge in [0.05, 0.1) is 26.0 Å². The Hall–Kier alpha value is -3.75. The third kappa shape index (κ3) is 6.11. The predicted molar refractivity (Wildman–Crippen MR) is 115 cm³/mol. The van der Waals surface area contributed by atoms with Gasteiger partial charge in [-0.05, 0) is 36.8 Å². The number of ether oxygens (including phenoxy) is 2. The number of carbonyl (C=O) groups is 1. The van der Waals surface area contributed by atoms with E-state index in [0.717, 1.165) is 12.1 Å². The maximum Gasteiger partial charge on any atom is 0.273 e. The van der Waals surface area contributed by atoms with Crippen LogP contribution in [0, 0.1) is 0 Å². The Morgan fingerprint density at radius 3 is 2.74 bits per heavy atom. The maximum absolute atomic E-state index is 12.4. The van der Waals surface area contributed by atoms with Crippen molar-refractivity contribution in [1.82, 2.24) is 25.5 Å². The molecule has 0 aliphatic heterocycles. The molecule has 31 heavy (non-hydrogen) atoms. The van der Waals surface area contributed by atoms with E-state index < -0.39 is 0 Å². The van der Waals surface area contributed by atoms with Gasteiger partial charge in [-0.3, -0.25) is 14.6 Å². The minimum atomic E-state index is -0.382. The second kappa shape index (κ2) is 10.9. The Bertz CT molecular complexity index is 1070. The lowest BCUT2D eigenvalue weighted by molar-refractivity contribution is -0.121. The van der Waals surface area contributed by atoms with Gasteiger partial charge in [-0.15, -0.1) is 10.2 Å². The number of methoxy groups -OCH3 is 1. The summed E-state index contributed by atoms with van der Waals surface area (Å²) in [7, 11) is 1.55. The Labute approximate surface area is 179 Å². The summed E-state index contributed by atoms with van der Waals surface area (Å²) in [5.41, 5.74) is 1.23. The van der Waals surface area contributed by atoms with E-state index in [1.54, 1.807) is 31.5 Å². The van der Waals surface area contributed by atoms with Gasteiger partial charge >= 0.3 is 0 Å². The van der Waals surface area contributed by atoms with Crippen molar-refractivity contribution in [2.24, 2.45) is 0 Å². The number of aromatic nitrogens is 4. The lowest BCUT2D eigenvalue weighted by atomic mass is 10.2. The van der Waals surface area contributed by atoms with Crippen molar-refractivity contribution in [3.8, 4) is 22.9 Å². The van der Waals surface area contributed by atoms with Crippen LogP contribution in [0.1, 0.15) is 31.2 Å². The first-order valence-corrected chi connectivity index (χ1v) is 10.0. The number of nitrogens with zero attached hydrogens (tertiary/aromatic N) is 3. The molecule has 1 aromatic carbocycles. The topological polar surface area (TPSA) is 119 Å². The number of H-pyrrole nitrogens is 1. The zero-order valence-electron chi connectivity index (χ0n) is 17.6. The molecule has 0 spiro atoms. The zero-order chi connectivity index (χ0) is 22.1.